The highest BCUT2D eigenvalue weighted by Crippen LogP contribution is 2.14. The highest BCUT2D eigenvalue weighted by molar-refractivity contribution is 6.39. The van der Waals surface area contributed by atoms with Crippen LogP contribution in [0.5, 0.6) is 0 Å². The van der Waals surface area contributed by atoms with Crippen LogP contribution < -0.4 is 10.6 Å². The maximum atomic E-state index is 12.9. The fourth-order valence-corrected chi connectivity index (χ4v) is 2.63. The van der Waals surface area contributed by atoms with Crippen molar-refractivity contribution in [2.45, 2.75) is 31.8 Å². The summed E-state index contributed by atoms with van der Waals surface area (Å²) in [6.07, 6.45) is 0.700. The van der Waals surface area contributed by atoms with E-state index in [9.17, 15) is 18.8 Å². The van der Waals surface area contributed by atoms with E-state index >= 15 is 0 Å². The molecule has 3 amide bonds. The van der Waals surface area contributed by atoms with E-state index in [1.807, 2.05) is 0 Å². The van der Waals surface area contributed by atoms with Crippen LogP contribution in [0.1, 0.15) is 24.8 Å². The Bertz CT molecular complexity index is 702. The zero-order valence-electron chi connectivity index (χ0n) is 12.9. The number of rotatable bonds is 4. The molecule has 0 unspecified atom stereocenters. The molecule has 1 aromatic rings. The molecule has 0 radical (unpaired) electrons. The van der Waals surface area contributed by atoms with Crippen LogP contribution in [0.3, 0.4) is 0 Å². The number of carbonyl (C=O) groups is 3. The summed E-state index contributed by atoms with van der Waals surface area (Å²) in [6.45, 7) is 0.579. The van der Waals surface area contributed by atoms with Gasteiger partial charge in [0.05, 0.1) is 12.6 Å². The molecule has 2 N–H and O–H groups in total. The molecule has 7 nitrogen and oxygen atoms in total. The first kappa shape index (κ1) is 16.1. The highest BCUT2D eigenvalue weighted by Gasteiger charge is 2.28. The standard InChI is InChI=1S/C16H17FN4O3/c17-11-3-1-10(2-4-11)9-21-15(23)6-5-13(20-21)16(24)19-12-7-14(22)18-8-12/h1-4,12H,5-9H2,(H,18,22)(H,19,24)/t12-/m1/s1. The van der Waals surface area contributed by atoms with E-state index in [0.29, 0.717) is 6.54 Å². The van der Waals surface area contributed by atoms with Gasteiger partial charge >= 0.3 is 0 Å². The summed E-state index contributed by atoms with van der Waals surface area (Å²) >= 11 is 0. The van der Waals surface area contributed by atoms with E-state index in [1.165, 1.54) is 17.1 Å². The second kappa shape index (κ2) is 6.77. The summed E-state index contributed by atoms with van der Waals surface area (Å²) in [5, 5.41) is 10.7. The van der Waals surface area contributed by atoms with Crippen LogP contribution in [0.2, 0.25) is 0 Å². The van der Waals surface area contributed by atoms with Gasteiger partial charge in [0, 0.05) is 25.8 Å². The molecule has 2 aliphatic rings. The number of hydrazone groups is 1. The largest absolute Gasteiger partial charge is 0.354 e. The number of halogens is 1. The molecule has 1 aromatic carbocycles. The van der Waals surface area contributed by atoms with Crippen LogP contribution >= 0.6 is 0 Å². The monoisotopic (exact) mass is 332 g/mol. The van der Waals surface area contributed by atoms with E-state index in [2.05, 4.69) is 15.7 Å². The van der Waals surface area contributed by atoms with Gasteiger partial charge in [-0.2, -0.15) is 5.10 Å². The van der Waals surface area contributed by atoms with Crippen molar-refractivity contribution in [3.8, 4) is 0 Å². The van der Waals surface area contributed by atoms with Gasteiger partial charge in [-0.1, -0.05) is 12.1 Å². The Labute approximate surface area is 137 Å². The molecule has 3 rings (SSSR count). The van der Waals surface area contributed by atoms with Crippen LogP contribution in [0.15, 0.2) is 29.4 Å². The second-order valence-corrected chi connectivity index (χ2v) is 5.80. The molecule has 1 fully saturated rings. The zero-order chi connectivity index (χ0) is 17.1. The van der Waals surface area contributed by atoms with Crippen molar-refractivity contribution in [1.29, 1.82) is 0 Å². The predicted molar refractivity (Wildman–Crippen MR) is 83.2 cm³/mol. The topological polar surface area (TPSA) is 90.9 Å². The molecule has 0 bridgehead atoms. The molecular weight excluding hydrogens is 315 g/mol. The first-order chi connectivity index (χ1) is 11.5. The third kappa shape index (κ3) is 3.76. The van der Waals surface area contributed by atoms with Crippen LogP contribution in [0.25, 0.3) is 0 Å². The molecule has 126 valence electrons. The summed E-state index contributed by atoms with van der Waals surface area (Å²) in [5.74, 6) is -1.01. The lowest BCUT2D eigenvalue weighted by atomic mass is 10.1. The van der Waals surface area contributed by atoms with Gasteiger partial charge in [-0.15, -0.1) is 0 Å². The van der Waals surface area contributed by atoms with Crippen molar-refractivity contribution in [1.82, 2.24) is 15.6 Å². The number of amides is 3. The summed E-state index contributed by atoms with van der Waals surface area (Å²) in [7, 11) is 0. The number of hydrogen-bond acceptors (Lipinski definition) is 4. The van der Waals surface area contributed by atoms with Gasteiger partial charge in [0.25, 0.3) is 5.91 Å². The van der Waals surface area contributed by atoms with Crippen LogP contribution in [-0.2, 0) is 20.9 Å². The lowest BCUT2D eigenvalue weighted by molar-refractivity contribution is -0.132. The highest BCUT2D eigenvalue weighted by atomic mass is 19.1. The summed E-state index contributed by atoms with van der Waals surface area (Å²) in [4.78, 5) is 35.4. The maximum absolute atomic E-state index is 12.9. The Balaban J connectivity index is 1.66. The first-order valence-electron chi connectivity index (χ1n) is 7.71. The van der Waals surface area contributed by atoms with Gasteiger partial charge in [0.15, 0.2) is 0 Å². The normalized spacial score (nSPS) is 20.6. The van der Waals surface area contributed by atoms with Crippen molar-refractivity contribution >= 4 is 23.4 Å². The van der Waals surface area contributed by atoms with Crippen LogP contribution in [0.4, 0.5) is 4.39 Å². The minimum absolute atomic E-state index is 0.0982. The summed E-state index contributed by atoms with van der Waals surface area (Å²) in [6, 6.07) is 5.51. The molecule has 2 heterocycles. The minimum Gasteiger partial charge on any atom is -0.354 e. The molecule has 0 aliphatic carbocycles. The van der Waals surface area contributed by atoms with Gasteiger partial charge in [0.2, 0.25) is 11.8 Å². The molecule has 1 atom stereocenters. The Morgan fingerprint density at radius 2 is 2.04 bits per heavy atom. The Morgan fingerprint density at radius 3 is 2.71 bits per heavy atom. The first-order valence-corrected chi connectivity index (χ1v) is 7.71. The molecule has 0 aromatic heterocycles. The predicted octanol–water partition coefficient (Wildman–Crippen LogP) is 0.309. The van der Waals surface area contributed by atoms with E-state index in [4.69, 9.17) is 0 Å². The van der Waals surface area contributed by atoms with Crippen LogP contribution in [-0.4, -0.2) is 41.0 Å². The van der Waals surface area contributed by atoms with E-state index in [1.54, 1.807) is 12.1 Å². The zero-order valence-corrected chi connectivity index (χ0v) is 12.9. The molecule has 0 spiro atoms. The smallest absolute Gasteiger partial charge is 0.267 e. The quantitative estimate of drug-likeness (QED) is 0.831. The van der Waals surface area contributed by atoms with E-state index < -0.39 is 0 Å². The van der Waals surface area contributed by atoms with Gasteiger partial charge in [0.1, 0.15) is 11.5 Å². The third-order valence-electron chi connectivity index (χ3n) is 3.93. The molecule has 2 aliphatic heterocycles. The van der Waals surface area contributed by atoms with Gasteiger partial charge in [-0.05, 0) is 17.7 Å². The average molecular weight is 332 g/mol. The number of hydrogen-bond donors (Lipinski definition) is 2. The lowest BCUT2D eigenvalue weighted by Crippen LogP contribution is -2.43. The summed E-state index contributed by atoms with van der Waals surface area (Å²) < 4.78 is 12.9. The number of benzene rings is 1. The van der Waals surface area contributed by atoms with Crippen molar-refractivity contribution < 1.29 is 18.8 Å². The lowest BCUT2D eigenvalue weighted by Gasteiger charge is -2.23. The van der Waals surface area contributed by atoms with Crippen molar-refractivity contribution in [3.63, 3.8) is 0 Å². The van der Waals surface area contributed by atoms with Crippen molar-refractivity contribution in [2.24, 2.45) is 5.10 Å². The fraction of sp³-hybridized carbons (Fsp3) is 0.375. The number of carbonyl (C=O) groups excluding carboxylic acids is 3. The summed E-state index contributed by atoms with van der Waals surface area (Å²) in [5.41, 5.74) is 0.983. The Hall–Kier alpha value is -2.77. The Kier molecular flexibility index (Phi) is 4.54. The fourth-order valence-electron chi connectivity index (χ4n) is 2.63. The molecule has 24 heavy (non-hydrogen) atoms. The number of nitrogens with one attached hydrogen (secondary N) is 2. The molecule has 8 heteroatoms. The minimum atomic E-state index is -0.367. The number of nitrogens with zero attached hydrogens (tertiary/aromatic N) is 2. The van der Waals surface area contributed by atoms with Crippen molar-refractivity contribution in [2.75, 3.05) is 6.54 Å². The van der Waals surface area contributed by atoms with Gasteiger partial charge in [-0.25, -0.2) is 9.40 Å². The Morgan fingerprint density at radius 1 is 1.29 bits per heavy atom. The SMILES string of the molecule is O=C1C[C@@H](NC(=O)C2=NN(Cc3ccc(F)cc3)C(=O)CC2)CN1. The maximum Gasteiger partial charge on any atom is 0.267 e. The van der Waals surface area contributed by atoms with Gasteiger partial charge < -0.3 is 10.6 Å². The second-order valence-electron chi connectivity index (χ2n) is 5.80. The van der Waals surface area contributed by atoms with Crippen molar-refractivity contribution in [3.05, 3.63) is 35.6 Å². The van der Waals surface area contributed by atoms with Crippen LogP contribution in [0, 0.1) is 5.82 Å². The van der Waals surface area contributed by atoms with Gasteiger partial charge in [-0.3, -0.25) is 14.4 Å². The third-order valence-corrected chi connectivity index (χ3v) is 3.93. The molecule has 1 saturated heterocycles. The molecular formula is C16H17FN4O3. The van der Waals surface area contributed by atoms with E-state index in [-0.39, 0.29) is 61.1 Å². The average Bonchev–Trinajstić information content (AvgIpc) is 2.96. The molecule has 0 saturated carbocycles. The van der Waals surface area contributed by atoms with E-state index in [0.717, 1.165) is 5.56 Å².